The van der Waals surface area contributed by atoms with Crippen LogP contribution >= 0.6 is 0 Å². The largest absolute Gasteiger partial charge is 0.363 e. The van der Waals surface area contributed by atoms with E-state index in [1.807, 2.05) is 18.9 Å². The second-order valence-corrected chi connectivity index (χ2v) is 6.16. The van der Waals surface area contributed by atoms with Gasteiger partial charge < -0.3 is 19.4 Å². The maximum absolute atomic E-state index is 12.8. The lowest BCUT2D eigenvalue weighted by Crippen LogP contribution is -2.61. The van der Waals surface area contributed by atoms with Crippen LogP contribution in [0.15, 0.2) is 18.6 Å². The number of hydrogen-bond donors (Lipinski definition) is 0. The molecule has 1 amide bonds. The second kappa shape index (κ2) is 6.18. The highest BCUT2D eigenvalue weighted by atomic mass is 16.5. The van der Waals surface area contributed by atoms with E-state index in [0.717, 1.165) is 25.5 Å². The normalized spacial score (nSPS) is 27.0. The number of nitrogens with zero attached hydrogens (tertiary/aromatic N) is 5. The Balaban J connectivity index is 1.60. The molecule has 7 nitrogen and oxygen atoms in total. The fourth-order valence-electron chi connectivity index (χ4n) is 3.12. The third kappa shape index (κ3) is 3.05. The van der Waals surface area contributed by atoms with Crippen molar-refractivity contribution in [3.8, 4) is 0 Å². The van der Waals surface area contributed by atoms with Gasteiger partial charge in [-0.2, -0.15) is 0 Å². The first-order valence-electron chi connectivity index (χ1n) is 7.71. The van der Waals surface area contributed by atoms with Crippen LogP contribution in [0.4, 0.5) is 5.82 Å². The Morgan fingerprint density at radius 1 is 1.23 bits per heavy atom. The number of amides is 1. The number of rotatable bonds is 2. The molecular formula is C15H23N5O2. The monoisotopic (exact) mass is 305 g/mol. The molecule has 0 N–H and O–H groups in total. The third-order valence-corrected chi connectivity index (χ3v) is 4.36. The van der Waals surface area contributed by atoms with Crippen molar-refractivity contribution in [2.24, 2.45) is 0 Å². The van der Waals surface area contributed by atoms with Crippen molar-refractivity contribution >= 4 is 11.7 Å². The SMILES string of the molecule is CN1CCOC(C)(C(=O)N2CCN(c3cnccn3)CC2)C1. The third-order valence-electron chi connectivity index (χ3n) is 4.36. The molecule has 0 aliphatic carbocycles. The van der Waals surface area contributed by atoms with Crippen LogP contribution in [0.2, 0.25) is 0 Å². The van der Waals surface area contributed by atoms with Gasteiger partial charge in [-0.1, -0.05) is 0 Å². The minimum absolute atomic E-state index is 0.0952. The number of morpholine rings is 1. The van der Waals surface area contributed by atoms with Gasteiger partial charge in [0, 0.05) is 51.7 Å². The Morgan fingerprint density at radius 3 is 2.64 bits per heavy atom. The van der Waals surface area contributed by atoms with Crippen LogP contribution < -0.4 is 4.90 Å². The molecule has 0 aromatic carbocycles. The lowest BCUT2D eigenvalue weighted by Gasteiger charge is -2.43. The maximum Gasteiger partial charge on any atom is 0.255 e. The number of carbonyl (C=O) groups excluding carboxylic acids is 1. The van der Waals surface area contributed by atoms with Crippen LogP contribution in [-0.4, -0.2) is 84.2 Å². The Hall–Kier alpha value is -1.73. The number of hydrogen-bond acceptors (Lipinski definition) is 6. The van der Waals surface area contributed by atoms with Crippen molar-refractivity contribution in [2.75, 3.05) is 57.8 Å². The number of anilines is 1. The first-order chi connectivity index (χ1) is 10.6. The molecule has 1 aromatic rings. The number of ether oxygens (including phenoxy) is 1. The summed E-state index contributed by atoms with van der Waals surface area (Å²) >= 11 is 0. The zero-order chi connectivity index (χ0) is 15.6. The van der Waals surface area contributed by atoms with E-state index >= 15 is 0 Å². The Bertz CT molecular complexity index is 518. The summed E-state index contributed by atoms with van der Waals surface area (Å²) in [4.78, 5) is 27.4. The summed E-state index contributed by atoms with van der Waals surface area (Å²) in [7, 11) is 2.03. The van der Waals surface area contributed by atoms with Gasteiger partial charge in [0.2, 0.25) is 0 Å². The van der Waals surface area contributed by atoms with Gasteiger partial charge in [-0.05, 0) is 14.0 Å². The molecule has 0 radical (unpaired) electrons. The number of carbonyl (C=O) groups is 1. The van der Waals surface area contributed by atoms with Crippen molar-refractivity contribution in [1.82, 2.24) is 19.8 Å². The van der Waals surface area contributed by atoms with E-state index in [4.69, 9.17) is 4.74 Å². The highest BCUT2D eigenvalue weighted by Gasteiger charge is 2.41. The lowest BCUT2D eigenvalue weighted by molar-refractivity contribution is -0.166. The van der Waals surface area contributed by atoms with E-state index in [9.17, 15) is 4.79 Å². The number of likely N-dealkylation sites (N-methyl/N-ethyl adjacent to an activating group) is 1. The quantitative estimate of drug-likeness (QED) is 0.757. The van der Waals surface area contributed by atoms with Gasteiger partial charge >= 0.3 is 0 Å². The predicted octanol–water partition coefficient (Wildman–Crippen LogP) is -0.154. The Kier molecular flexibility index (Phi) is 4.26. The maximum atomic E-state index is 12.8. The molecule has 0 bridgehead atoms. The van der Waals surface area contributed by atoms with Gasteiger partial charge in [0.15, 0.2) is 5.60 Å². The minimum atomic E-state index is -0.721. The Labute approximate surface area is 130 Å². The molecule has 2 aliphatic heterocycles. The molecule has 7 heteroatoms. The van der Waals surface area contributed by atoms with Crippen LogP contribution in [0.3, 0.4) is 0 Å². The van der Waals surface area contributed by atoms with E-state index in [-0.39, 0.29) is 5.91 Å². The smallest absolute Gasteiger partial charge is 0.255 e. The van der Waals surface area contributed by atoms with E-state index < -0.39 is 5.60 Å². The van der Waals surface area contributed by atoms with Crippen molar-refractivity contribution < 1.29 is 9.53 Å². The van der Waals surface area contributed by atoms with E-state index in [1.165, 1.54) is 0 Å². The molecule has 0 saturated carbocycles. The molecule has 2 fully saturated rings. The molecule has 3 heterocycles. The zero-order valence-electron chi connectivity index (χ0n) is 13.2. The summed E-state index contributed by atoms with van der Waals surface area (Å²) in [5.41, 5.74) is -0.721. The molecule has 2 aliphatic rings. The van der Waals surface area contributed by atoms with Crippen molar-refractivity contribution in [1.29, 1.82) is 0 Å². The van der Waals surface area contributed by atoms with Crippen LogP contribution in [0.25, 0.3) is 0 Å². The second-order valence-electron chi connectivity index (χ2n) is 6.16. The average molecular weight is 305 g/mol. The van der Waals surface area contributed by atoms with Crippen molar-refractivity contribution in [3.05, 3.63) is 18.6 Å². The van der Waals surface area contributed by atoms with Crippen molar-refractivity contribution in [3.63, 3.8) is 0 Å². The summed E-state index contributed by atoms with van der Waals surface area (Å²) < 4.78 is 5.79. The molecule has 1 atom stereocenters. The fourth-order valence-corrected chi connectivity index (χ4v) is 3.12. The highest BCUT2D eigenvalue weighted by molar-refractivity contribution is 5.85. The lowest BCUT2D eigenvalue weighted by atomic mass is 10.0. The standard InChI is InChI=1S/C15H23N5O2/c1-15(12-18(2)9-10-22-15)14(21)20-7-5-19(6-8-20)13-11-16-3-4-17-13/h3-4,11H,5-10,12H2,1-2H3. The highest BCUT2D eigenvalue weighted by Crippen LogP contribution is 2.21. The van der Waals surface area contributed by atoms with Crippen LogP contribution in [0.5, 0.6) is 0 Å². The van der Waals surface area contributed by atoms with Gasteiger partial charge in [-0.25, -0.2) is 4.98 Å². The Morgan fingerprint density at radius 2 is 2.00 bits per heavy atom. The predicted molar refractivity (Wildman–Crippen MR) is 82.7 cm³/mol. The van der Waals surface area contributed by atoms with Crippen molar-refractivity contribution in [2.45, 2.75) is 12.5 Å². The topological polar surface area (TPSA) is 61.8 Å². The van der Waals surface area contributed by atoms with E-state index in [2.05, 4.69) is 19.8 Å². The van der Waals surface area contributed by atoms with Crippen LogP contribution in [0, 0.1) is 0 Å². The summed E-state index contributed by atoms with van der Waals surface area (Å²) in [5, 5.41) is 0. The average Bonchev–Trinajstić information content (AvgIpc) is 2.55. The molecule has 3 rings (SSSR count). The van der Waals surface area contributed by atoms with Gasteiger partial charge in [0.05, 0.1) is 12.8 Å². The summed E-state index contributed by atoms with van der Waals surface area (Å²) in [5.74, 6) is 0.965. The molecule has 1 aromatic heterocycles. The summed E-state index contributed by atoms with van der Waals surface area (Å²) in [6.45, 7) is 6.97. The first kappa shape index (κ1) is 15.2. The summed E-state index contributed by atoms with van der Waals surface area (Å²) in [6, 6.07) is 0. The first-order valence-corrected chi connectivity index (χ1v) is 7.71. The molecule has 2 saturated heterocycles. The zero-order valence-corrected chi connectivity index (χ0v) is 13.2. The van der Waals surface area contributed by atoms with Crippen LogP contribution in [-0.2, 0) is 9.53 Å². The van der Waals surface area contributed by atoms with Gasteiger partial charge in [-0.15, -0.1) is 0 Å². The number of aromatic nitrogens is 2. The molecule has 1 unspecified atom stereocenters. The molecule has 22 heavy (non-hydrogen) atoms. The number of piperazine rings is 1. The van der Waals surface area contributed by atoms with E-state index in [1.54, 1.807) is 18.6 Å². The molecule has 0 spiro atoms. The summed E-state index contributed by atoms with van der Waals surface area (Å²) in [6.07, 6.45) is 5.12. The molecular weight excluding hydrogens is 282 g/mol. The molecule has 120 valence electrons. The van der Waals surface area contributed by atoms with E-state index in [0.29, 0.717) is 26.2 Å². The van der Waals surface area contributed by atoms with Crippen LogP contribution in [0.1, 0.15) is 6.92 Å². The van der Waals surface area contributed by atoms with Gasteiger partial charge in [0.25, 0.3) is 5.91 Å². The minimum Gasteiger partial charge on any atom is -0.363 e. The fraction of sp³-hybridized carbons (Fsp3) is 0.667. The van der Waals surface area contributed by atoms with Gasteiger partial charge in [0.1, 0.15) is 5.82 Å². The van der Waals surface area contributed by atoms with Gasteiger partial charge in [-0.3, -0.25) is 9.78 Å².